The van der Waals surface area contributed by atoms with Crippen LogP contribution in [0.3, 0.4) is 0 Å². The molecule has 0 unspecified atom stereocenters. The van der Waals surface area contributed by atoms with Gasteiger partial charge >= 0.3 is 6.03 Å². The summed E-state index contributed by atoms with van der Waals surface area (Å²) in [6.45, 7) is 2.92. The quantitative estimate of drug-likeness (QED) is 0.809. The molecule has 1 aromatic heterocycles. The smallest absolute Gasteiger partial charge is 0.317 e. The van der Waals surface area contributed by atoms with Crippen molar-refractivity contribution in [1.82, 2.24) is 15.2 Å². The molecule has 0 fully saturated rings. The van der Waals surface area contributed by atoms with Crippen molar-refractivity contribution in [3.8, 4) is 5.75 Å². The van der Waals surface area contributed by atoms with E-state index in [1.165, 1.54) is 0 Å². The topological polar surface area (TPSA) is 54.5 Å². The first-order valence-corrected chi connectivity index (χ1v) is 9.24. The van der Waals surface area contributed by atoms with Crippen LogP contribution in [0.5, 0.6) is 5.75 Å². The number of methoxy groups -OCH3 is 1. The molecule has 0 radical (unpaired) electrons. The molecule has 124 valence electrons. The highest BCUT2D eigenvalue weighted by atomic mass is 32.2. The summed E-state index contributed by atoms with van der Waals surface area (Å²) < 4.78 is 5.38. The van der Waals surface area contributed by atoms with Crippen molar-refractivity contribution in [2.24, 2.45) is 0 Å². The number of carbonyl (C=O) groups excluding carboxylic acids is 1. The summed E-state index contributed by atoms with van der Waals surface area (Å²) in [5, 5.41) is 5.77. The number of aromatic nitrogens is 1. The molecule has 23 heavy (non-hydrogen) atoms. The fourth-order valence-corrected chi connectivity index (χ4v) is 3.35. The van der Waals surface area contributed by atoms with Gasteiger partial charge in [0.15, 0.2) is 0 Å². The van der Waals surface area contributed by atoms with E-state index in [1.54, 1.807) is 42.2 Å². The summed E-state index contributed by atoms with van der Waals surface area (Å²) in [5.74, 6) is 0.835. The van der Waals surface area contributed by atoms with Crippen molar-refractivity contribution < 1.29 is 9.53 Å². The van der Waals surface area contributed by atoms with Crippen LogP contribution >= 0.6 is 23.1 Å². The number of hydrogen-bond donors (Lipinski definition) is 1. The van der Waals surface area contributed by atoms with Crippen LogP contribution in [0.15, 0.2) is 28.5 Å². The van der Waals surface area contributed by atoms with Crippen LogP contribution in [0.1, 0.15) is 16.3 Å². The number of thioether (sulfide) groups is 1. The van der Waals surface area contributed by atoms with Crippen molar-refractivity contribution in [2.75, 3.05) is 20.4 Å². The molecule has 0 aliphatic rings. The monoisotopic (exact) mass is 351 g/mol. The number of nitrogens with zero attached hydrogens (tertiary/aromatic N) is 2. The summed E-state index contributed by atoms with van der Waals surface area (Å²) in [4.78, 5) is 19.2. The van der Waals surface area contributed by atoms with E-state index in [-0.39, 0.29) is 6.03 Å². The lowest BCUT2D eigenvalue weighted by Crippen LogP contribution is -2.36. The highest BCUT2D eigenvalue weighted by Gasteiger charge is 2.11. The Labute approximate surface area is 145 Å². The maximum atomic E-state index is 12.2. The van der Waals surface area contributed by atoms with Gasteiger partial charge in [0.05, 0.1) is 13.7 Å². The maximum absolute atomic E-state index is 12.2. The Kier molecular flexibility index (Phi) is 6.29. The van der Waals surface area contributed by atoms with Crippen LogP contribution < -0.4 is 10.1 Å². The van der Waals surface area contributed by atoms with Gasteiger partial charge in [-0.2, -0.15) is 0 Å². The largest absolute Gasteiger partial charge is 0.496 e. The lowest BCUT2D eigenvalue weighted by molar-refractivity contribution is 0.206. The predicted molar refractivity (Wildman–Crippen MR) is 95.3 cm³/mol. The molecule has 5 nitrogen and oxygen atoms in total. The molecule has 0 saturated heterocycles. The minimum absolute atomic E-state index is 0.120. The normalized spacial score (nSPS) is 10.4. The Hall–Kier alpha value is -1.73. The molecular formula is C16H21N3O2S2. The molecule has 2 amide bonds. The van der Waals surface area contributed by atoms with Crippen LogP contribution in [-0.2, 0) is 13.1 Å². The summed E-state index contributed by atoms with van der Waals surface area (Å²) in [6, 6.07) is 5.89. The molecule has 2 rings (SSSR count). The van der Waals surface area contributed by atoms with E-state index >= 15 is 0 Å². The molecular weight excluding hydrogens is 330 g/mol. The van der Waals surface area contributed by atoms with E-state index < -0.39 is 0 Å². The predicted octanol–water partition coefficient (Wildman–Crippen LogP) is 3.52. The van der Waals surface area contributed by atoms with E-state index in [0.717, 1.165) is 26.9 Å². The van der Waals surface area contributed by atoms with E-state index in [0.29, 0.717) is 13.1 Å². The molecule has 1 aromatic carbocycles. The zero-order chi connectivity index (χ0) is 16.8. The number of nitrogens with one attached hydrogen (secondary N) is 1. The van der Waals surface area contributed by atoms with Crippen molar-refractivity contribution in [2.45, 2.75) is 24.9 Å². The van der Waals surface area contributed by atoms with Crippen LogP contribution in [0.2, 0.25) is 0 Å². The van der Waals surface area contributed by atoms with Crippen LogP contribution in [-0.4, -0.2) is 36.3 Å². The molecule has 0 saturated carbocycles. The Morgan fingerprint density at radius 2 is 2.26 bits per heavy atom. The van der Waals surface area contributed by atoms with Crippen molar-refractivity contribution in [1.29, 1.82) is 0 Å². The molecule has 1 heterocycles. The number of amides is 2. The third-order valence-corrected chi connectivity index (χ3v) is 5.02. The van der Waals surface area contributed by atoms with Gasteiger partial charge in [0.1, 0.15) is 10.8 Å². The number of hydrogen-bond acceptors (Lipinski definition) is 5. The molecule has 0 aliphatic carbocycles. The zero-order valence-electron chi connectivity index (χ0n) is 13.8. The first-order valence-electron chi connectivity index (χ1n) is 7.14. The lowest BCUT2D eigenvalue weighted by atomic mass is 10.2. The SMILES string of the molecule is COc1cc(CN(C)C(=O)NCc2nc(C)cs2)ccc1SC. The van der Waals surface area contributed by atoms with Crippen LogP contribution in [0.4, 0.5) is 4.79 Å². The Morgan fingerprint density at radius 3 is 2.87 bits per heavy atom. The van der Waals surface area contributed by atoms with Gasteiger partial charge in [0, 0.05) is 29.6 Å². The van der Waals surface area contributed by atoms with E-state index in [2.05, 4.69) is 10.3 Å². The Bertz CT molecular complexity index is 673. The highest BCUT2D eigenvalue weighted by Crippen LogP contribution is 2.28. The first-order chi connectivity index (χ1) is 11.0. The fourth-order valence-electron chi connectivity index (χ4n) is 2.09. The fraction of sp³-hybridized carbons (Fsp3) is 0.375. The maximum Gasteiger partial charge on any atom is 0.317 e. The summed E-state index contributed by atoms with van der Waals surface area (Å²) in [6.07, 6.45) is 2.01. The number of ether oxygens (including phenoxy) is 1. The molecule has 7 heteroatoms. The summed E-state index contributed by atoms with van der Waals surface area (Å²) >= 11 is 3.19. The van der Waals surface area contributed by atoms with Gasteiger partial charge < -0.3 is 15.0 Å². The number of thiazole rings is 1. The molecule has 0 atom stereocenters. The third kappa shape index (κ3) is 4.87. The minimum Gasteiger partial charge on any atom is -0.496 e. The van der Waals surface area contributed by atoms with E-state index in [1.807, 2.05) is 36.8 Å². The summed E-state index contributed by atoms with van der Waals surface area (Å²) in [5.41, 5.74) is 2.01. The molecule has 0 spiro atoms. The van der Waals surface area contributed by atoms with Gasteiger partial charge in [0.2, 0.25) is 0 Å². The van der Waals surface area contributed by atoms with Gasteiger partial charge in [-0.25, -0.2) is 9.78 Å². The van der Waals surface area contributed by atoms with E-state index in [9.17, 15) is 4.79 Å². The van der Waals surface area contributed by atoms with Gasteiger partial charge in [-0.15, -0.1) is 23.1 Å². The molecule has 1 N–H and O–H groups in total. The summed E-state index contributed by atoms with van der Waals surface area (Å²) in [7, 11) is 3.43. The van der Waals surface area contributed by atoms with E-state index in [4.69, 9.17) is 4.74 Å². The second-order valence-electron chi connectivity index (χ2n) is 5.09. The van der Waals surface area contributed by atoms with Crippen molar-refractivity contribution in [3.05, 3.63) is 39.8 Å². The minimum atomic E-state index is -0.120. The number of benzene rings is 1. The lowest BCUT2D eigenvalue weighted by Gasteiger charge is -2.18. The van der Waals surface area contributed by atoms with Gasteiger partial charge in [-0.05, 0) is 30.9 Å². The molecule has 0 bridgehead atoms. The van der Waals surface area contributed by atoms with Crippen LogP contribution in [0.25, 0.3) is 0 Å². The first kappa shape index (κ1) is 17.6. The second kappa shape index (κ2) is 8.21. The van der Waals surface area contributed by atoms with Crippen LogP contribution in [0, 0.1) is 6.92 Å². The second-order valence-corrected chi connectivity index (χ2v) is 6.88. The zero-order valence-corrected chi connectivity index (χ0v) is 15.4. The highest BCUT2D eigenvalue weighted by molar-refractivity contribution is 7.98. The van der Waals surface area contributed by atoms with Gasteiger partial charge in [-0.3, -0.25) is 0 Å². The average Bonchev–Trinajstić information content (AvgIpc) is 2.97. The number of rotatable bonds is 6. The Balaban J connectivity index is 1.92. The number of carbonyl (C=O) groups is 1. The Morgan fingerprint density at radius 1 is 1.48 bits per heavy atom. The number of aryl methyl sites for hydroxylation is 1. The number of urea groups is 1. The average molecular weight is 351 g/mol. The van der Waals surface area contributed by atoms with Gasteiger partial charge in [0.25, 0.3) is 0 Å². The third-order valence-electron chi connectivity index (χ3n) is 3.27. The van der Waals surface area contributed by atoms with Crippen molar-refractivity contribution >= 4 is 29.1 Å². The van der Waals surface area contributed by atoms with Crippen molar-refractivity contribution in [3.63, 3.8) is 0 Å². The molecule has 2 aromatic rings. The molecule has 0 aliphatic heterocycles. The standard InChI is InChI=1S/C16H21N3O2S2/c1-11-10-23-15(18-11)8-17-16(20)19(2)9-12-5-6-14(22-4)13(7-12)21-3/h5-7,10H,8-9H2,1-4H3,(H,17,20). The van der Waals surface area contributed by atoms with Gasteiger partial charge in [-0.1, -0.05) is 6.07 Å².